The maximum Gasteiger partial charge on any atom is 0.0100 e. The van der Waals surface area contributed by atoms with Crippen LogP contribution in [0.15, 0.2) is 17.5 Å². The molecule has 0 aliphatic heterocycles. The van der Waals surface area contributed by atoms with E-state index in [0.717, 1.165) is 11.8 Å². The van der Waals surface area contributed by atoms with E-state index in [2.05, 4.69) is 50.6 Å². The zero-order chi connectivity index (χ0) is 13.2. The molecule has 0 spiro atoms. The zero-order valence-electron chi connectivity index (χ0n) is 12.2. The molecule has 1 N–H and O–H groups in total. The Morgan fingerprint density at radius 1 is 1.39 bits per heavy atom. The second-order valence-electron chi connectivity index (χ2n) is 6.66. The van der Waals surface area contributed by atoms with Crippen LogP contribution in [0.3, 0.4) is 0 Å². The fraction of sp³-hybridized carbons (Fsp3) is 0.750. The molecule has 1 heterocycles. The standard InChI is InChI=1S/C16H27NS/c1-12-7-8-14(15(10-12)17-4)16(2,3)11-13-6-5-9-18-13/h5-6,9,12,14-15,17H,7-8,10-11H2,1-4H3. The number of thiophene rings is 1. The van der Waals surface area contributed by atoms with Crippen molar-refractivity contribution in [3.63, 3.8) is 0 Å². The van der Waals surface area contributed by atoms with Crippen molar-refractivity contribution in [3.8, 4) is 0 Å². The van der Waals surface area contributed by atoms with E-state index in [1.807, 2.05) is 11.3 Å². The van der Waals surface area contributed by atoms with Gasteiger partial charge in [-0.25, -0.2) is 0 Å². The predicted octanol–water partition coefficient (Wildman–Crippen LogP) is 4.34. The molecule has 3 atom stereocenters. The molecule has 2 rings (SSSR count). The van der Waals surface area contributed by atoms with Gasteiger partial charge < -0.3 is 5.32 Å². The Hall–Kier alpha value is -0.340. The van der Waals surface area contributed by atoms with Gasteiger partial charge in [0, 0.05) is 10.9 Å². The minimum atomic E-state index is 0.401. The number of rotatable bonds is 4. The summed E-state index contributed by atoms with van der Waals surface area (Å²) in [6, 6.07) is 5.16. The summed E-state index contributed by atoms with van der Waals surface area (Å²) in [6.45, 7) is 7.31. The first-order chi connectivity index (χ1) is 8.53. The summed E-state index contributed by atoms with van der Waals surface area (Å²) in [5, 5.41) is 5.77. The molecule has 0 amide bonds. The molecular weight excluding hydrogens is 238 g/mol. The van der Waals surface area contributed by atoms with Gasteiger partial charge in [-0.05, 0) is 55.0 Å². The average Bonchev–Trinajstić information content (AvgIpc) is 2.80. The van der Waals surface area contributed by atoms with Crippen molar-refractivity contribution >= 4 is 11.3 Å². The SMILES string of the molecule is CNC1CC(C)CCC1C(C)(C)Cc1cccs1. The van der Waals surface area contributed by atoms with Crippen molar-refractivity contribution in [2.75, 3.05) is 7.05 Å². The van der Waals surface area contributed by atoms with Crippen LogP contribution >= 0.6 is 11.3 Å². The van der Waals surface area contributed by atoms with Crippen LogP contribution in [-0.4, -0.2) is 13.1 Å². The fourth-order valence-electron chi connectivity index (χ4n) is 3.63. The van der Waals surface area contributed by atoms with Crippen molar-refractivity contribution in [2.24, 2.45) is 17.3 Å². The molecule has 1 fully saturated rings. The first kappa shape index (κ1) is 14.1. The van der Waals surface area contributed by atoms with Gasteiger partial charge in [-0.15, -0.1) is 11.3 Å². The summed E-state index contributed by atoms with van der Waals surface area (Å²) >= 11 is 1.90. The maximum absolute atomic E-state index is 3.57. The summed E-state index contributed by atoms with van der Waals surface area (Å²) in [5.41, 5.74) is 0.401. The molecule has 1 aromatic heterocycles. The monoisotopic (exact) mass is 265 g/mol. The first-order valence-electron chi connectivity index (χ1n) is 7.22. The Labute approximate surface area is 116 Å². The number of hydrogen-bond acceptors (Lipinski definition) is 2. The Balaban J connectivity index is 2.07. The van der Waals surface area contributed by atoms with E-state index in [1.165, 1.54) is 30.6 Å². The van der Waals surface area contributed by atoms with Crippen LogP contribution in [0.2, 0.25) is 0 Å². The Kier molecular flexibility index (Phi) is 4.50. The van der Waals surface area contributed by atoms with Crippen LogP contribution in [0.5, 0.6) is 0 Å². The summed E-state index contributed by atoms with van der Waals surface area (Å²) in [5.74, 6) is 1.69. The molecule has 0 radical (unpaired) electrons. The molecule has 18 heavy (non-hydrogen) atoms. The normalized spacial score (nSPS) is 29.4. The van der Waals surface area contributed by atoms with Gasteiger partial charge in [-0.3, -0.25) is 0 Å². The lowest BCUT2D eigenvalue weighted by Gasteiger charge is -2.44. The van der Waals surface area contributed by atoms with Gasteiger partial charge in [0.1, 0.15) is 0 Å². The lowest BCUT2D eigenvalue weighted by atomic mass is 9.65. The van der Waals surface area contributed by atoms with E-state index in [-0.39, 0.29) is 0 Å². The van der Waals surface area contributed by atoms with E-state index in [0.29, 0.717) is 11.5 Å². The summed E-state index contributed by atoms with van der Waals surface area (Å²) in [7, 11) is 2.14. The smallest absolute Gasteiger partial charge is 0.0100 e. The van der Waals surface area contributed by atoms with Crippen molar-refractivity contribution in [1.29, 1.82) is 0 Å². The third kappa shape index (κ3) is 3.16. The highest BCUT2D eigenvalue weighted by molar-refractivity contribution is 7.09. The molecule has 0 aromatic carbocycles. The van der Waals surface area contributed by atoms with Crippen LogP contribution in [0.1, 0.15) is 44.9 Å². The molecule has 102 valence electrons. The molecule has 0 saturated heterocycles. The van der Waals surface area contributed by atoms with E-state index in [4.69, 9.17) is 0 Å². The van der Waals surface area contributed by atoms with Crippen molar-refractivity contribution < 1.29 is 0 Å². The van der Waals surface area contributed by atoms with Gasteiger partial charge in [0.05, 0.1) is 0 Å². The van der Waals surface area contributed by atoms with Gasteiger partial charge in [0.2, 0.25) is 0 Å². The average molecular weight is 265 g/mol. The van der Waals surface area contributed by atoms with Crippen LogP contribution in [0, 0.1) is 17.3 Å². The maximum atomic E-state index is 3.57. The van der Waals surface area contributed by atoms with E-state index in [1.54, 1.807) is 0 Å². The largest absolute Gasteiger partial charge is 0.317 e. The van der Waals surface area contributed by atoms with Gasteiger partial charge in [-0.1, -0.05) is 33.3 Å². The predicted molar refractivity (Wildman–Crippen MR) is 81.2 cm³/mol. The highest BCUT2D eigenvalue weighted by atomic mass is 32.1. The lowest BCUT2D eigenvalue weighted by Crippen LogP contribution is -2.46. The summed E-state index contributed by atoms with van der Waals surface area (Å²) < 4.78 is 0. The first-order valence-corrected chi connectivity index (χ1v) is 8.10. The second-order valence-corrected chi connectivity index (χ2v) is 7.70. The molecule has 1 aliphatic rings. The molecule has 0 bridgehead atoms. The molecule has 2 heteroatoms. The van der Waals surface area contributed by atoms with E-state index in [9.17, 15) is 0 Å². The van der Waals surface area contributed by atoms with Gasteiger partial charge in [0.25, 0.3) is 0 Å². The Morgan fingerprint density at radius 2 is 2.17 bits per heavy atom. The molecule has 1 aliphatic carbocycles. The lowest BCUT2D eigenvalue weighted by molar-refractivity contribution is 0.0987. The number of hydrogen-bond donors (Lipinski definition) is 1. The Morgan fingerprint density at radius 3 is 2.78 bits per heavy atom. The van der Waals surface area contributed by atoms with Crippen molar-refractivity contribution in [2.45, 2.75) is 52.5 Å². The quantitative estimate of drug-likeness (QED) is 0.854. The van der Waals surface area contributed by atoms with Crippen LogP contribution in [0.4, 0.5) is 0 Å². The van der Waals surface area contributed by atoms with Gasteiger partial charge in [-0.2, -0.15) is 0 Å². The van der Waals surface area contributed by atoms with Gasteiger partial charge >= 0.3 is 0 Å². The molecular formula is C16H27NS. The molecule has 3 unspecified atom stereocenters. The van der Waals surface area contributed by atoms with Crippen LogP contribution in [0.25, 0.3) is 0 Å². The van der Waals surface area contributed by atoms with Crippen LogP contribution < -0.4 is 5.32 Å². The molecule has 1 nitrogen and oxygen atoms in total. The van der Waals surface area contributed by atoms with Crippen molar-refractivity contribution in [1.82, 2.24) is 5.32 Å². The third-order valence-corrected chi connectivity index (χ3v) is 5.57. The van der Waals surface area contributed by atoms with E-state index < -0.39 is 0 Å². The highest BCUT2D eigenvalue weighted by Gasteiger charge is 2.38. The topological polar surface area (TPSA) is 12.0 Å². The highest BCUT2D eigenvalue weighted by Crippen LogP contribution is 2.42. The fourth-order valence-corrected chi connectivity index (χ4v) is 4.57. The minimum absolute atomic E-state index is 0.401. The Bertz CT molecular complexity index is 355. The van der Waals surface area contributed by atoms with E-state index >= 15 is 0 Å². The van der Waals surface area contributed by atoms with Gasteiger partial charge in [0.15, 0.2) is 0 Å². The summed E-state index contributed by atoms with van der Waals surface area (Å²) in [4.78, 5) is 1.54. The molecule has 1 aromatic rings. The van der Waals surface area contributed by atoms with Crippen molar-refractivity contribution in [3.05, 3.63) is 22.4 Å². The van der Waals surface area contributed by atoms with Crippen LogP contribution in [-0.2, 0) is 6.42 Å². The minimum Gasteiger partial charge on any atom is -0.317 e. The zero-order valence-corrected chi connectivity index (χ0v) is 13.0. The number of nitrogens with one attached hydrogen (secondary N) is 1. The second kappa shape index (κ2) is 5.75. The summed E-state index contributed by atoms with van der Waals surface area (Å²) in [6.07, 6.45) is 5.35. The molecule has 1 saturated carbocycles. The third-order valence-electron chi connectivity index (χ3n) is 4.70.